The average Bonchev–Trinajstić information content (AvgIpc) is 1.77. The van der Waals surface area contributed by atoms with Crippen molar-refractivity contribution in [1.82, 2.24) is 56.4 Å². The zero-order chi connectivity index (χ0) is 65.3. The molecule has 13 unspecified atom stereocenters. The topological polar surface area (TPSA) is 465 Å². The summed E-state index contributed by atoms with van der Waals surface area (Å²) in [5, 5.41) is 118. The summed E-state index contributed by atoms with van der Waals surface area (Å²) in [6.07, 6.45) is -0.525. The van der Waals surface area contributed by atoms with Crippen molar-refractivity contribution in [3.63, 3.8) is 0 Å². The summed E-state index contributed by atoms with van der Waals surface area (Å²) in [4.78, 5) is 115. The van der Waals surface area contributed by atoms with Gasteiger partial charge in [-0.15, -0.1) is 14.5 Å². The number of nitrogens with one attached hydrogen (secondary N) is 5. The Labute approximate surface area is 553 Å². The second-order valence-corrected chi connectivity index (χ2v) is 24.1. The van der Waals surface area contributed by atoms with Crippen molar-refractivity contribution in [2.75, 3.05) is 19.6 Å². The molecule has 492 valence electrons. The Morgan fingerprint density at radius 1 is 0.802 bits per heavy atom. The number of aryl methyl sites for hydroxylation is 1. The van der Waals surface area contributed by atoms with Crippen molar-refractivity contribution >= 4 is 70.9 Å². The van der Waals surface area contributed by atoms with Crippen LogP contribution in [0.5, 0.6) is 11.5 Å². The minimum atomic E-state index is -2.22. The van der Waals surface area contributed by atoms with E-state index in [1.807, 2.05) is 10.9 Å². The number of aliphatic hydroxyl groups is 6. The molecule has 31 nitrogen and oxygen atoms in total. The second kappa shape index (κ2) is 35.0. The minimum absolute atomic E-state index is 0. The number of hydrogen-bond acceptors (Lipinski definition) is 24. The van der Waals surface area contributed by atoms with Gasteiger partial charge in [0.15, 0.2) is 16.5 Å². The van der Waals surface area contributed by atoms with E-state index in [4.69, 9.17) is 9.92 Å². The third-order valence-electron chi connectivity index (χ3n) is 15.7. The van der Waals surface area contributed by atoms with Crippen molar-refractivity contribution in [1.29, 1.82) is 0 Å². The van der Waals surface area contributed by atoms with Crippen LogP contribution in [-0.2, 0) is 55.9 Å². The molecule has 0 aliphatic carbocycles. The molecule has 91 heavy (non-hydrogen) atoms. The molecule has 2 aromatic carbocycles. The molecule has 2 aromatic heterocycles. The Hall–Kier alpha value is -6.44. The first-order chi connectivity index (χ1) is 43.0. The van der Waals surface area contributed by atoms with Gasteiger partial charge in [0.05, 0.1) is 54.8 Å². The first kappa shape index (κ1) is 73.6. The number of nitrogens with two attached hydrogens (primary N) is 1. The Kier molecular flexibility index (Phi) is 28.3. The van der Waals surface area contributed by atoms with Gasteiger partial charge < -0.3 is 87.3 Å². The molecule has 8 amide bonds. The molecule has 5 heterocycles. The summed E-state index contributed by atoms with van der Waals surface area (Å²) < 4.78 is 11.0. The minimum Gasteiger partial charge on any atom is -0.691 e. The second-order valence-electron chi connectivity index (χ2n) is 22.7. The summed E-state index contributed by atoms with van der Waals surface area (Å²) in [6, 6.07) is -2.15. The van der Waals surface area contributed by atoms with E-state index < -0.39 is 177 Å². The van der Waals surface area contributed by atoms with E-state index in [2.05, 4.69) is 58.2 Å². The maximum atomic E-state index is 14.7. The van der Waals surface area contributed by atoms with Crippen LogP contribution in [0.3, 0.4) is 0 Å². The van der Waals surface area contributed by atoms with E-state index in [-0.39, 0.29) is 58.8 Å². The molecule has 3 aliphatic heterocycles. The molecule has 0 spiro atoms. The van der Waals surface area contributed by atoms with Crippen LogP contribution in [0.1, 0.15) is 107 Å². The molecule has 0 bridgehead atoms. The fraction of sp³-hybridized carbons (Fsp3) is 0.561. The van der Waals surface area contributed by atoms with Crippen LogP contribution in [0.2, 0.25) is 0 Å². The summed E-state index contributed by atoms with van der Waals surface area (Å²) >= 11 is 1.29. The summed E-state index contributed by atoms with van der Waals surface area (Å²) in [7, 11) is 0. The number of rotatable bonds is 24. The van der Waals surface area contributed by atoms with Crippen molar-refractivity contribution in [3.8, 4) is 32.6 Å². The maximum absolute atomic E-state index is 14.7. The molecule has 0 radical (unpaired) electrons. The van der Waals surface area contributed by atoms with Crippen LogP contribution >= 0.6 is 23.7 Å². The molecular weight excluding hydrogens is 1240 g/mol. The number of carbonyl (C=O) groups is 8. The van der Waals surface area contributed by atoms with E-state index in [9.17, 15) is 79.4 Å². The van der Waals surface area contributed by atoms with Crippen molar-refractivity contribution in [2.24, 2.45) is 11.7 Å². The SMILES string of the molecule is CCCCCCCCCCn1cc(-c2nnc(-c3ccc(C(=O)NC4CC(O)CNC(=O)C5C(O)C(C)CN5C(=O)C(C(O)CC(N)=O)NC(=O)C(C(O)Cc5ccc(O)c(OSOO[O-])c5)NC(=O)C5CC(O)CN5C(=O)C(C(C)O)NC4=O)cc3)s2)cn1.[Na+]. The molecule has 3 fully saturated rings. The number of aromatic hydroxyl groups is 1. The number of unbranched alkanes of at least 4 members (excludes halogenated alkanes) is 7. The third kappa shape index (κ3) is 20.0. The van der Waals surface area contributed by atoms with Crippen molar-refractivity contribution in [2.45, 2.75) is 177 Å². The molecule has 7 rings (SSSR count). The Morgan fingerprint density at radius 3 is 2.12 bits per heavy atom. The van der Waals surface area contributed by atoms with Gasteiger partial charge in [0.2, 0.25) is 41.4 Å². The fourth-order valence-corrected chi connectivity index (χ4v) is 12.0. The van der Waals surface area contributed by atoms with Crippen LogP contribution in [0.4, 0.5) is 0 Å². The Balaban J connectivity index is 0.0000132. The maximum Gasteiger partial charge on any atom is 1.00 e. The first-order valence-corrected chi connectivity index (χ1v) is 31.0. The predicted molar refractivity (Wildman–Crippen MR) is 316 cm³/mol. The first-order valence-electron chi connectivity index (χ1n) is 29.5. The van der Waals surface area contributed by atoms with E-state index in [1.165, 1.54) is 75.0 Å². The molecule has 34 heteroatoms. The van der Waals surface area contributed by atoms with E-state index in [0.717, 1.165) is 53.8 Å². The van der Waals surface area contributed by atoms with E-state index in [0.29, 0.717) is 15.6 Å². The third-order valence-corrected chi connectivity index (χ3v) is 17.1. The summed E-state index contributed by atoms with van der Waals surface area (Å²) in [5.74, 6) is -11.1. The number of benzene rings is 2. The number of aromatic nitrogens is 4. The van der Waals surface area contributed by atoms with Crippen LogP contribution in [-0.4, -0.2) is 205 Å². The van der Waals surface area contributed by atoms with Crippen LogP contribution in [0.15, 0.2) is 54.9 Å². The Bertz CT molecular complexity index is 3130. The Morgan fingerprint density at radius 2 is 1.45 bits per heavy atom. The number of hydrogen-bond donors (Lipinski definition) is 13. The van der Waals surface area contributed by atoms with Crippen molar-refractivity contribution in [3.05, 3.63) is 66.0 Å². The standard InChI is InChI=1S/C57H78N12O19S2.Na/c1-4-5-6-7-8-9-10-11-18-67-27-34(24-60-67)55-66-65-54(89-55)33-15-13-32(14-16-33)49(78)61-37-21-35(71)25-59-53(82)47-48(77)29(2)26-69(47)57(84)46(41(75)23-43(58)76)64-52(81)45(40(74)19-31-12-17-39(73)42(20-31)86-90-88-87-85)63-51(80)38-22-36(72)28-68(38)56(83)44(30(3)70)62-50(37)79;/h12-17,20,24,27,29-30,35-38,40-41,44-48,70-75,77,85H,4-11,18-19,21-23,25-26,28H2,1-3H3,(H2,58,76)(H,59,82)(H,61,78)(H,62,79)(H,63,80)(H,64,81);/q;+1/p-1. The van der Waals surface area contributed by atoms with Crippen LogP contribution in [0, 0.1) is 5.92 Å². The number of amides is 8. The van der Waals surface area contributed by atoms with Gasteiger partial charge in [-0.2, -0.15) is 5.10 Å². The normalized spacial score (nSPS) is 24.7. The van der Waals surface area contributed by atoms with Gasteiger partial charge in [-0.25, -0.2) is 0 Å². The van der Waals surface area contributed by atoms with Gasteiger partial charge in [0.1, 0.15) is 41.3 Å². The number of fused-ring (bicyclic) bond motifs is 2. The predicted octanol–water partition coefficient (Wildman–Crippen LogP) is -5.09. The van der Waals surface area contributed by atoms with Gasteiger partial charge in [-0.3, -0.25) is 48.1 Å². The van der Waals surface area contributed by atoms with E-state index in [1.54, 1.807) is 18.3 Å². The molecule has 3 aliphatic rings. The van der Waals surface area contributed by atoms with Gasteiger partial charge >= 0.3 is 29.6 Å². The largest absolute Gasteiger partial charge is 1.00 e. The molecule has 4 aromatic rings. The van der Waals surface area contributed by atoms with Crippen molar-refractivity contribution < 1.29 is 122 Å². The number of carbonyl (C=O) groups excluding carboxylic acids is 8. The molecule has 13 atom stereocenters. The molecule has 0 saturated carbocycles. The number of nitrogens with zero attached hydrogens (tertiary/aromatic N) is 6. The number of phenolic OH excluding ortho intramolecular Hbond substituents is 1. The molecule has 3 saturated heterocycles. The van der Waals surface area contributed by atoms with Gasteiger partial charge in [0, 0.05) is 68.7 Å². The average molecular weight is 1320 g/mol. The van der Waals surface area contributed by atoms with E-state index >= 15 is 0 Å². The van der Waals surface area contributed by atoms with Crippen LogP contribution < -0.4 is 71.3 Å². The van der Waals surface area contributed by atoms with Gasteiger partial charge in [0.25, 0.3) is 18.2 Å². The zero-order valence-electron chi connectivity index (χ0n) is 50.6. The van der Waals surface area contributed by atoms with Gasteiger partial charge in [-0.05, 0) is 43.2 Å². The summed E-state index contributed by atoms with van der Waals surface area (Å²) in [6.45, 7) is 3.82. The molecule has 14 N–H and O–H groups in total. The quantitative estimate of drug-likeness (QED) is 0.0103. The number of aliphatic hydroxyl groups excluding tert-OH is 6. The summed E-state index contributed by atoms with van der Waals surface area (Å²) in [5.41, 5.74) is 6.86. The number of phenols is 1. The monoisotopic (exact) mass is 1320 g/mol. The smallest absolute Gasteiger partial charge is 0.691 e. The van der Waals surface area contributed by atoms with Crippen LogP contribution in [0.25, 0.3) is 21.1 Å². The number of β-amino-alcohol motifs (C(OH)–C–C–N with tert-alkyl or cyclic N) is 1. The zero-order valence-corrected chi connectivity index (χ0v) is 54.3. The number of primary amides is 1. The fourth-order valence-electron chi connectivity index (χ4n) is 10.9. The molecular formula is C57H77N12NaO19S2. The van der Waals surface area contributed by atoms with Gasteiger partial charge in [-0.1, -0.05) is 88.3 Å².